The van der Waals surface area contributed by atoms with E-state index in [9.17, 15) is 18.7 Å². The van der Waals surface area contributed by atoms with E-state index < -0.39 is 29.3 Å². The summed E-state index contributed by atoms with van der Waals surface area (Å²) in [4.78, 5) is 11.3. The van der Waals surface area contributed by atoms with Gasteiger partial charge < -0.3 is 9.84 Å². The summed E-state index contributed by atoms with van der Waals surface area (Å²) in [6, 6.07) is 3.36. The molecule has 0 aromatic heterocycles. The molecule has 0 aliphatic heterocycles. The lowest BCUT2D eigenvalue weighted by atomic mass is 10.0. The monoisotopic (exact) mass is 272 g/mol. The van der Waals surface area contributed by atoms with Gasteiger partial charge in [-0.2, -0.15) is 0 Å². The third kappa shape index (κ3) is 4.95. The van der Waals surface area contributed by atoms with Crippen molar-refractivity contribution in [2.45, 2.75) is 38.7 Å². The van der Waals surface area contributed by atoms with E-state index in [1.807, 2.05) is 6.92 Å². The predicted octanol–water partition coefficient (Wildman–Crippen LogP) is 3.12. The zero-order valence-electron chi connectivity index (χ0n) is 10.9. The second-order valence-electron chi connectivity index (χ2n) is 4.26. The number of rotatable bonds is 7. The minimum Gasteiger partial charge on any atom is -0.466 e. The normalized spacial score (nSPS) is 12.2. The van der Waals surface area contributed by atoms with Gasteiger partial charge in [0.25, 0.3) is 0 Å². The van der Waals surface area contributed by atoms with E-state index >= 15 is 0 Å². The van der Waals surface area contributed by atoms with Crippen LogP contribution in [0.15, 0.2) is 18.2 Å². The van der Waals surface area contributed by atoms with Gasteiger partial charge in [0.2, 0.25) is 0 Å². The Morgan fingerprint density at radius 1 is 1.37 bits per heavy atom. The van der Waals surface area contributed by atoms with Crippen LogP contribution in [0, 0.1) is 11.6 Å². The minimum atomic E-state index is -1.35. The lowest BCUT2D eigenvalue weighted by Gasteiger charge is -2.12. The number of carbonyl (C=O) groups excluding carboxylic acids is 1. The largest absolute Gasteiger partial charge is 0.466 e. The summed E-state index contributed by atoms with van der Waals surface area (Å²) in [5.74, 6) is -2.09. The number of benzene rings is 1. The molecule has 0 aliphatic carbocycles. The number of aliphatic hydroxyl groups excluding tert-OH is 1. The van der Waals surface area contributed by atoms with Crippen LogP contribution in [0.4, 0.5) is 8.78 Å². The molecule has 1 aromatic rings. The van der Waals surface area contributed by atoms with Gasteiger partial charge in [-0.15, -0.1) is 0 Å². The van der Waals surface area contributed by atoms with Gasteiger partial charge in [0, 0.05) is 6.42 Å². The SMILES string of the molecule is CCCCOC(=O)CCC(O)c1c(F)cccc1F. The van der Waals surface area contributed by atoms with E-state index in [0.717, 1.165) is 25.0 Å². The van der Waals surface area contributed by atoms with Gasteiger partial charge in [0.15, 0.2) is 0 Å². The maximum Gasteiger partial charge on any atom is 0.305 e. The number of aliphatic hydroxyl groups is 1. The molecule has 1 rings (SSSR count). The van der Waals surface area contributed by atoms with Crippen molar-refractivity contribution in [1.29, 1.82) is 0 Å². The Balaban J connectivity index is 2.47. The van der Waals surface area contributed by atoms with Gasteiger partial charge in [0.1, 0.15) is 11.6 Å². The van der Waals surface area contributed by atoms with Crippen molar-refractivity contribution in [2.24, 2.45) is 0 Å². The van der Waals surface area contributed by atoms with Crippen LogP contribution in [0.25, 0.3) is 0 Å². The number of unbranched alkanes of at least 4 members (excludes halogenated alkanes) is 1. The molecular weight excluding hydrogens is 254 g/mol. The van der Waals surface area contributed by atoms with E-state index in [0.29, 0.717) is 6.61 Å². The number of esters is 1. The lowest BCUT2D eigenvalue weighted by molar-refractivity contribution is -0.144. The Kier molecular flexibility index (Phi) is 6.42. The lowest BCUT2D eigenvalue weighted by Crippen LogP contribution is -2.10. The van der Waals surface area contributed by atoms with Gasteiger partial charge in [-0.25, -0.2) is 8.78 Å². The highest BCUT2D eigenvalue weighted by molar-refractivity contribution is 5.69. The first-order valence-electron chi connectivity index (χ1n) is 6.33. The van der Waals surface area contributed by atoms with E-state index in [2.05, 4.69) is 0 Å². The summed E-state index contributed by atoms with van der Waals surface area (Å²) in [6.07, 6.45) is 0.202. The zero-order chi connectivity index (χ0) is 14.3. The Morgan fingerprint density at radius 3 is 2.58 bits per heavy atom. The molecule has 0 heterocycles. The van der Waals surface area contributed by atoms with Crippen LogP contribution in [0.1, 0.15) is 44.3 Å². The number of halogens is 2. The molecule has 1 atom stereocenters. The first-order chi connectivity index (χ1) is 9.06. The number of hydrogen-bond acceptors (Lipinski definition) is 3. The molecule has 0 saturated carbocycles. The summed E-state index contributed by atoms with van der Waals surface area (Å²) in [7, 11) is 0. The van der Waals surface area contributed by atoms with Crippen molar-refractivity contribution in [3.05, 3.63) is 35.4 Å². The van der Waals surface area contributed by atoms with Crippen LogP contribution in [-0.4, -0.2) is 17.7 Å². The van der Waals surface area contributed by atoms with Crippen molar-refractivity contribution < 1.29 is 23.4 Å². The van der Waals surface area contributed by atoms with E-state index in [1.165, 1.54) is 6.07 Å². The van der Waals surface area contributed by atoms with Crippen molar-refractivity contribution >= 4 is 5.97 Å². The standard InChI is InChI=1S/C14H18F2O3/c1-2-3-9-19-13(18)8-7-12(17)14-10(15)5-4-6-11(14)16/h4-6,12,17H,2-3,7-9H2,1H3. The van der Waals surface area contributed by atoms with Crippen LogP contribution >= 0.6 is 0 Å². The van der Waals surface area contributed by atoms with Gasteiger partial charge in [0.05, 0.1) is 18.3 Å². The topological polar surface area (TPSA) is 46.5 Å². The predicted molar refractivity (Wildman–Crippen MR) is 66.4 cm³/mol. The van der Waals surface area contributed by atoms with Crippen LogP contribution in [-0.2, 0) is 9.53 Å². The fourth-order valence-electron chi connectivity index (χ4n) is 1.63. The molecule has 1 aromatic carbocycles. The van der Waals surface area contributed by atoms with E-state index in [-0.39, 0.29) is 12.8 Å². The number of carbonyl (C=O) groups is 1. The average Bonchev–Trinajstić information content (AvgIpc) is 2.36. The van der Waals surface area contributed by atoms with Crippen LogP contribution < -0.4 is 0 Å². The number of ether oxygens (including phenoxy) is 1. The molecule has 3 nitrogen and oxygen atoms in total. The molecule has 0 saturated heterocycles. The van der Waals surface area contributed by atoms with E-state index in [1.54, 1.807) is 0 Å². The summed E-state index contributed by atoms with van der Waals surface area (Å²) in [5, 5.41) is 9.71. The molecule has 1 unspecified atom stereocenters. The summed E-state index contributed by atoms with van der Waals surface area (Å²) in [5.41, 5.74) is -0.399. The number of hydrogen-bond donors (Lipinski definition) is 1. The van der Waals surface area contributed by atoms with Crippen LogP contribution in [0.5, 0.6) is 0 Å². The van der Waals surface area contributed by atoms with Crippen LogP contribution in [0.2, 0.25) is 0 Å². The quantitative estimate of drug-likeness (QED) is 0.612. The molecular formula is C14H18F2O3. The van der Waals surface area contributed by atoms with E-state index in [4.69, 9.17) is 4.74 Å². The highest BCUT2D eigenvalue weighted by atomic mass is 19.1. The Morgan fingerprint density at radius 2 is 2.00 bits per heavy atom. The summed E-state index contributed by atoms with van der Waals surface area (Å²) < 4.78 is 31.6. The fourth-order valence-corrected chi connectivity index (χ4v) is 1.63. The Labute approximate surface area is 111 Å². The molecule has 106 valence electrons. The van der Waals surface area contributed by atoms with Gasteiger partial charge in [-0.1, -0.05) is 19.4 Å². The van der Waals surface area contributed by atoms with Crippen LogP contribution in [0.3, 0.4) is 0 Å². The molecule has 0 fully saturated rings. The third-order valence-electron chi connectivity index (χ3n) is 2.72. The molecule has 0 amide bonds. The molecule has 19 heavy (non-hydrogen) atoms. The van der Waals surface area contributed by atoms with Crippen molar-refractivity contribution in [1.82, 2.24) is 0 Å². The summed E-state index contributed by atoms with van der Waals surface area (Å²) >= 11 is 0. The van der Waals surface area contributed by atoms with Gasteiger partial charge in [-0.3, -0.25) is 4.79 Å². The maximum atomic E-state index is 13.4. The molecule has 0 radical (unpaired) electrons. The smallest absolute Gasteiger partial charge is 0.305 e. The van der Waals surface area contributed by atoms with Crippen molar-refractivity contribution in [2.75, 3.05) is 6.61 Å². The second kappa shape index (κ2) is 7.84. The highest BCUT2D eigenvalue weighted by Gasteiger charge is 2.18. The third-order valence-corrected chi connectivity index (χ3v) is 2.72. The summed E-state index contributed by atoms with van der Waals surface area (Å²) in [6.45, 7) is 2.30. The average molecular weight is 272 g/mol. The Hall–Kier alpha value is -1.49. The van der Waals surface area contributed by atoms with Gasteiger partial charge >= 0.3 is 5.97 Å². The van der Waals surface area contributed by atoms with Gasteiger partial charge in [-0.05, 0) is 25.0 Å². The minimum absolute atomic E-state index is 0.0667. The van der Waals surface area contributed by atoms with Crippen molar-refractivity contribution in [3.63, 3.8) is 0 Å². The highest BCUT2D eigenvalue weighted by Crippen LogP contribution is 2.24. The maximum absolute atomic E-state index is 13.4. The molecule has 0 bridgehead atoms. The van der Waals surface area contributed by atoms with Crippen molar-refractivity contribution in [3.8, 4) is 0 Å². The molecule has 0 aliphatic rings. The second-order valence-corrected chi connectivity index (χ2v) is 4.26. The zero-order valence-corrected chi connectivity index (χ0v) is 10.9. The fraction of sp³-hybridized carbons (Fsp3) is 0.500. The first kappa shape index (κ1) is 15.6. The first-order valence-corrected chi connectivity index (χ1v) is 6.33. The molecule has 0 spiro atoms. The molecule has 1 N–H and O–H groups in total. The molecule has 5 heteroatoms. The Bertz CT molecular complexity index is 401.